The van der Waals surface area contributed by atoms with Gasteiger partial charge in [0.2, 0.25) is 0 Å². The second kappa shape index (κ2) is 5.45. The minimum atomic E-state index is 0.544. The summed E-state index contributed by atoms with van der Waals surface area (Å²) in [6.07, 6.45) is 7.73. The van der Waals surface area contributed by atoms with Crippen LogP contribution in [0.15, 0.2) is 0 Å². The largest absolute Gasteiger partial charge is 0.317 e. The molecule has 1 aromatic heterocycles. The number of piperidine rings is 2. The van der Waals surface area contributed by atoms with Crippen LogP contribution in [0, 0.1) is 0 Å². The molecule has 3 fully saturated rings. The third-order valence-electron chi connectivity index (χ3n) is 5.13. The van der Waals surface area contributed by atoms with E-state index in [1.54, 1.807) is 0 Å². The fraction of sp³-hybridized carbons (Fsp3) is 0.867. The molecule has 4 rings (SSSR count). The Bertz CT molecular complexity index is 447. The summed E-state index contributed by atoms with van der Waals surface area (Å²) in [5, 5.41) is 11.1. The minimum Gasteiger partial charge on any atom is -0.317 e. The Labute approximate surface area is 120 Å². The molecule has 0 radical (unpaired) electrons. The molecule has 0 amide bonds. The predicted molar refractivity (Wildman–Crippen MR) is 77.8 cm³/mol. The number of hydrogen-bond acceptors (Lipinski definition) is 4. The molecule has 0 spiro atoms. The molecule has 110 valence electrons. The second-order valence-electron chi connectivity index (χ2n) is 6.67. The van der Waals surface area contributed by atoms with E-state index in [1.807, 2.05) is 0 Å². The summed E-state index contributed by atoms with van der Waals surface area (Å²) >= 11 is 0. The maximum absolute atomic E-state index is 4.77. The monoisotopic (exact) mass is 275 g/mol. The smallest absolute Gasteiger partial charge is 0.155 e. The average molecular weight is 275 g/mol. The van der Waals surface area contributed by atoms with Crippen LogP contribution in [0.3, 0.4) is 0 Å². The summed E-state index contributed by atoms with van der Waals surface area (Å²) in [6, 6.07) is 0.779. The van der Waals surface area contributed by atoms with Gasteiger partial charge in [-0.1, -0.05) is 0 Å². The van der Waals surface area contributed by atoms with Crippen LogP contribution in [0.2, 0.25) is 0 Å². The van der Waals surface area contributed by atoms with E-state index >= 15 is 0 Å². The molecule has 1 aliphatic carbocycles. The number of rotatable bonds is 3. The van der Waals surface area contributed by atoms with Gasteiger partial charge in [0.05, 0.1) is 0 Å². The van der Waals surface area contributed by atoms with Gasteiger partial charge >= 0.3 is 0 Å². The van der Waals surface area contributed by atoms with Gasteiger partial charge in [0.1, 0.15) is 5.82 Å². The van der Waals surface area contributed by atoms with Gasteiger partial charge in [-0.3, -0.25) is 10.00 Å². The highest BCUT2D eigenvalue weighted by molar-refractivity contribution is 5.08. The molecule has 0 aromatic carbocycles. The molecular formula is C15H25N5. The van der Waals surface area contributed by atoms with E-state index in [9.17, 15) is 0 Å². The molecule has 5 heteroatoms. The number of nitrogens with zero attached hydrogens (tertiary/aromatic N) is 3. The molecule has 5 nitrogen and oxygen atoms in total. The van der Waals surface area contributed by atoms with Crippen LogP contribution in [0.4, 0.5) is 0 Å². The summed E-state index contributed by atoms with van der Waals surface area (Å²) in [7, 11) is 0. The van der Waals surface area contributed by atoms with E-state index in [4.69, 9.17) is 4.98 Å². The first-order valence-electron chi connectivity index (χ1n) is 8.27. The molecule has 0 unspecified atom stereocenters. The van der Waals surface area contributed by atoms with Gasteiger partial charge in [-0.2, -0.15) is 5.10 Å². The first-order chi connectivity index (χ1) is 9.90. The molecular weight excluding hydrogens is 250 g/mol. The van der Waals surface area contributed by atoms with Gasteiger partial charge in [-0.15, -0.1) is 0 Å². The van der Waals surface area contributed by atoms with Crippen molar-refractivity contribution in [2.24, 2.45) is 0 Å². The van der Waals surface area contributed by atoms with Crippen LogP contribution < -0.4 is 5.32 Å². The van der Waals surface area contributed by atoms with Crippen molar-refractivity contribution in [3.63, 3.8) is 0 Å². The number of aromatic nitrogens is 3. The van der Waals surface area contributed by atoms with Crippen LogP contribution in [0.1, 0.15) is 62.0 Å². The van der Waals surface area contributed by atoms with E-state index in [0.29, 0.717) is 11.8 Å². The topological polar surface area (TPSA) is 56.8 Å². The van der Waals surface area contributed by atoms with Gasteiger partial charge in [0.25, 0.3) is 0 Å². The lowest BCUT2D eigenvalue weighted by Gasteiger charge is -2.39. The lowest BCUT2D eigenvalue weighted by Crippen LogP contribution is -2.47. The summed E-state index contributed by atoms with van der Waals surface area (Å²) in [6.45, 7) is 4.78. The minimum absolute atomic E-state index is 0.544. The number of likely N-dealkylation sites (tertiary alicyclic amines) is 1. The van der Waals surface area contributed by atoms with Crippen molar-refractivity contribution in [3.8, 4) is 0 Å². The fourth-order valence-corrected chi connectivity index (χ4v) is 3.73. The van der Waals surface area contributed by atoms with E-state index in [1.165, 1.54) is 58.2 Å². The Balaban J connectivity index is 1.42. The Kier molecular flexibility index (Phi) is 3.48. The molecule has 2 aliphatic heterocycles. The fourth-order valence-electron chi connectivity index (χ4n) is 3.73. The first-order valence-corrected chi connectivity index (χ1v) is 8.27. The molecule has 2 saturated heterocycles. The van der Waals surface area contributed by atoms with E-state index in [2.05, 4.69) is 20.4 Å². The van der Waals surface area contributed by atoms with E-state index in [-0.39, 0.29) is 0 Å². The number of aromatic amines is 1. The third-order valence-corrected chi connectivity index (χ3v) is 5.13. The molecule has 20 heavy (non-hydrogen) atoms. The molecule has 1 atom stereocenters. The molecule has 1 saturated carbocycles. The number of nitrogens with one attached hydrogen (secondary N) is 2. The predicted octanol–water partition coefficient (Wildman–Crippen LogP) is 1.61. The zero-order valence-electron chi connectivity index (χ0n) is 12.1. The Morgan fingerprint density at radius 1 is 1.00 bits per heavy atom. The average Bonchev–Trinajstić information content (AvgIpc) is 3.26. The number of hydrogen-bond donors (Lipinski definition) is 2. The van der Waals surface area contributed by atoms with E-state index in [0.717, 1.165) is 24.2 Å². The van der Waals surface area contributed by atoms with Gasteiger partial charge < -0.3 is 5.32 Å². The SMILES string of the molecule is C1C[C@@H](c2n[nH]c(C3CC3)n2)CN(C2CCNCC2)C1. The maximum atomic E-state index is 4.77. The van der Waals surface area contributed by atoms with Crippen LogP contribution in [0.5, 0.6) is 0 Å². The first kappa shape index (κ1) is 12.8. The zero-order valence-corrected chi connectivity index (χ0v) is 12.1. The van der Waals surface area contributed by atoms with Crippen molar-refractivity contribution in [2.45, 2.75) is 56.4 Å². The second-order valence-corrected chi connectivity index (χ2v) is 6.67. The Morgan fingerprint density at radius 3 is 2.65 bits per heavy atom. The van der Waals surface area contributed by atoms with Crippen molar-refractivity contribution >= 4 is 0 Å². The van der Waals surface area contributed by atoms with Crippen molar-refractivity contribution < 1.29 is 0 Å². The molecule has 3 aliphatic rings. The zero-order chi connectivity index (χ0) is 13.4. The van der Waals surface area contributed by atoms with Gasteiger partial charge in [-0.25, -0.2) is 4.98 Å². The molecule has 2 N–H and O–H groups in total. The highest BCUT2D eigenvalue weighted by atomic mass is 15.2. The van der Waals surface area contributed by atoms with Crippen LogP contribution >= 0.6 is 0 Å². The van der Waals surface area contributed by atoms with Crippen LogP contribution in [0.25, 0.3) is 0 Å². The standard InChI is InChI=1S/C15H25N5/c1-2-12(15-17-14(18-19-15)11-3-4-11)10-20(9-1)13-5-7-16-8-6-13/h11-13,16H,1-10H2,(H,17,18,19)/t12-/m1/s1. The van der Waals surface area contributed by atoms with Crippen molar-refractivity contribution in [2.75, 3.05) is 26.2 Å². The molecule has 1 aromatic rings. The van der Waals surface area contributed by atoms with Crippen LogP contribution in [-0.4, -0.2) is 52.3 Å². The Hall–Kier alpha value is -0.940. The number of H-pyrrole nitrogens is 1. The van der Waals surface area contributed by atoms with Crippen LogP contribution in [-0.2, 0) is 0 Å². The normalized spacial score (nSPS) is 29.7. The highest BCUT2D eigenvalue weighted by Crippen LogP contribution is 2.38. The van der Waals surface area contributed by atoms with Crippen molar-refractivity contribution in [1.29, 1.82) is 0 Å². The van der Waals surface area contributed by atoms with Crippen molar-refractivity contribution in [1.82, 2.24) is 25.4 Å². The quantitative estimate of drug-likeness (QED) is 0.880. The third kappa shape index (κ3) is 2.61. The Morgan fingerprint density at radius 2 is 1.85 bits per heavy atom. The van der Waals surface area contributed by atoms with Gasteiger partial charge in [-0.05, 0) is 58.2 Å². The highest BCUT2D eigenvalue weighted by Gasteiger charge is 2.32. The summed E-state index contributed by atoms with van der Waals surface area (Å²) < 4.78 is 0. The lowest BCUT2D eigenvalue weighted by molar-refractivity contribution is 0.121. The summed E-state index contributed by atoms with van der Waals surface area (Å²) in [5.41, 5.74) is 0. The lowest BCUT2D eigenvalue weighted by atomic mass is 9.94. The maximum Gasteiger partial charge on any atom is 0.155 e. The van der Waals surface area contributed by atoms with Crippen molar-refractivity contribution in [3.05, 3.63) is 11.6 Å². The molecule has 0 bridgehead atoms. The van der Waals surface area contributed by atoms with Gasteiger partial charge in [0.15, 0.2) is 5.82 Å². The molecule has 3 heterocycles. The van der Waals surface area contributed by atoms with Gasteiger partial charge in [0, 0.05) is 24.4 Å². The summed E-state index contributed by atoms with van der Waals surface area (Å²) in [5.74, 6) is 3.44. The summed E-state index contributed by atoms with van der Waals surface area (Å²) in [4.78, 5) is 7.47. The van der Waals surface area contributed by atoms with E-state index < -0.39 is 0 Å².